The first kappa shape index (κ1) is 17.5. The van der Waals surface area contributed by atoms with Gasteiger partial charge in [0.15, 0.2) is 0 Å². The van der Waals surface area contributed by atoms with Gasteiger partial charge in [0.25, 0.3) is 0 Å². The number of likely N-dealkylation sites (tertiary alicyclic amines) is 1. The fourth-order valence-electron chi connectivity index (χ4n) is 3.11. The molecule has 2 aliphatic heterocycles. The average Bonchev–Trinajstić information content (AvgIpc) is 2.70. The molecule has 2 aliphatic rings. The number of amides is 1. The summed E-state index contributed by atoms with van der Waals surface area (Å²) in [6.45, 7) is 10.2. The zero-order valence-corrected chi connectivity index (χ0v) is 14.4. The zero-order chi connectivity index (χ0) is 16.0. The Morgan fingerprint density at radius 3 is 2.73 bits per heavy atom. The van der Waals surface area contributed by atoms with E-state index in [4.69, 9.17) is 9.47 Å². The van der Waals surface area contributed by atoms with Crippen molar-refractivity contribution in [3.05, 3.63) is 0 Å². The molecule has 5 heteroatoms. The Kier molecular flexibility index (Phi) is 6.50. The summed E-state index contributed by atoms with van der Waals surface area (Å²) in [6, 6.07) is 0.509. The molecule has 2 heterocycles. The van der Waals surface area contributed by atoms with E-state index in [0.29, 0.717) is 12.0 Å². The number of nitrogens with one attached hydrogen (secondary N) is 1. The molecular formula is C17H32N2O3. The number of hydrogen-bond acceptors (Lipinski definition) is 4. The van der Waals surface area contributed by atoms with Crippen molar-refractivity contribution in [2.75, 3.05) is 32.8 Å². The highest BCUT2D eigenvalue weighted by molar-refractivity contribution is 5.68. The molecule has 1 amide bonds. The lowest BCUT2D eigenvalue weighted by atomic mass is 10.0. The average molecular weight is 312 g/mol. The van der Waals surface area contributed by atoms with Crippen LogP contribution in [0.15, 0.2) is 0 Å². The molecule has 2 unspecified atom stereocenters. The van der Waals surface area contributed by atoms with Gasteiger partial charge < -0.3 is 19.7 Å². The summed E-state index contributed by atoms with van der Waals surface area (Å²) in [5.74, 6) is 0.652. The van der Waals surface area contributed by atoms with Gasteiger partial charge >= 0.3 is 6.09 Å². The number of carbonyl (C=O) groups is 1. The lowest BCUT2D eigenvalue weighted by Gasteiger charge is -2.27. The maximum absolute atomic E-state index is 12.1. The Labute approximate surface area is 134 Å². The molecule has 0 bridgehead atoms. The van der Waals surface area contributed by atoms with Gasteiger partial charge in [-0.25, -0.2) is 4.79 Å². The normalized spacial score (nSPS) is 27.3. The van der Waals surface area contributed by atoms with Crippen molar-refractivity contribution in [2.24, 2.45) is 5.92 Å². The maximum atomic E-state index is 12.1. The molecule has 0 aromatic carbocycles. The number of rotatable bonds is 3. The van der Waals surface area contributed by atoms with Crippen molar-refractivity contribution in [1.29, 1.82) is 0 Å². The molecule has 0 aliphatic carbocycles. The third-order valence-electron chi connectivity index (χ3n) is 4.33. The standard InChI is InChI=1S/C17H32N2O3/c1-17(2,3)22-16(20)19-9-4-7-15(8-10-19)18-12-14-6-5-11-21-13-14/h14-15,18H,4-13H2,1-3H3. The summed E-state index contributed by atoms with van der Waals surface area (Å²) >= 11 is 0. The van der Waals surface area contributed by atoms with Crippen molar-refractivity contribution in [1.82, 2.24) is 10.2 Å². The minimum atomic E-state index is -0.415. The first-order chi connectivity index (χ1) is 10.4. The number of hydrogen-bond donors (Lipinski definition) is 1. The molecule has 0 saturated carbocycles. The minimum Gasteiger partial charge on any atom is -0.444 e. The Morgan fingerprint density at radius 2 is 2.05 bits per heavy atom. The van der Waals surface area contributed by atoms with E-state index in [1.807, 2.05) is 25.7 Å². The van der Waals surface area contributed by atoms with Crippen LogP contribution in [0.5, 0.6) is 0 Å². The van der Waals surface area contributed by atoms with E-state index in [9.17, 15) is 4.79 Å². The van der Waals surface area contributed by atoms with Gasteiger partial charge in [-0.3, -0.25) is 0 Å². The summed E-state index contributed by atoms with van der Waals surface area (Å²) < 4.78 is 11.0. The molecule has 5 nitrogen and oxygen atoms in total. The second-order valence-corrected chi connectivity index (χ2v) is 7.59. The third-order valence-corrected chi connectivity index (χ3v) is 4.33. The second-order valence-electron chi connectivity index (χ2n) is 7.59. The van der Waals surface area contributed by atoms with Crippen LogP contribution >= 0.6 is 0 Å². The van der Waals surface area contributed by atoms with Gasteiger partial charge in [0.05, 0.1) is 6.61 Å². The summed E-state index contributed by atoms with van der Waals surface area (Å²) in [6.07, 6.45) is 5.46. The van der Waals surface area contributed by atoms with Crippen LogP contribution in [0.1, 0.15) is 52.9 Å². The fourth-order valence-corrected chi connectivity index (χ4v) is 3.11. The predicted molar refractivity (Wildman–Crippen MR) is 87.0 cm³/mol. The first-order valence-corrected chi connectivity index (χ1v) is 8.73. The molecule has 2 fully saturated rings. The maximum Gasteiger partial charge on any atom is 0.410 e. The lowest BCUT2D eigenvalue weighted by molar-refractivity contribution is 0.0255. The SMILES string of the molecule is CC(C)(C)OC(=O)N1CCCC(NCC2CCCOC2)CC1. The van der Waals surface area contributed by atoms with Gasteiger partial charge in [-0.15, -0.1) is 0 Å². The second kappa shape index (κ2) is 8.16. The smallest absolute Gasteiger partial charge is 0.410 e. The lowest BCUT2D eigenvalue weighted by Crippen LogP contribution is -2.39. The molecule has 2 saturated heterocycles. The van der Waals surface area contributed by atoms with E-state index >= 15 is 0 Å². The predicted octanol–water partition coefficient (Wildman–Crippen LogP) is 2.79. The van der Waals surface area contributed by atoms with Crippen molar-refractivity contribution >= 4 is 6.09 Å². The Balaban J connectivity index is 1.71. The number of nitrogens with zero attached hydrogens (tertiary/aromatic N) is 1. The van der Waals surface area contributed by atoms with E-state index in [1.165, 1.54) is 12.8 Å². The molecular weight excluding hydrogens is 280 g/mol. The van der Waals surface area contributed by atoms with Crippen LogP contribution in [0.2, 0.25) is 0 Å². The van der Waals surface area contributed by atoms with Crippen LogP contribution in [-0.2, 0) is 9.47 Å². The van der Waals surface area contributed by atoms with E-state index in [0.717, 1.165) is 52.1 Å². The number of carbonyl (C=O) groups excluding carboxylic acids is 1. The summed E-state index contributed by atoms with van der Waals surface area (Å²) in [5.41, 5.74) is -0.415. The molecule has 2 rings (SSSR count). The molecule has 0 radical (unpaired) electrons. The van der Waals surface area contributed by atoms with Gasteiger partial charge in [-0.05, 0) is 58.8 Å². The van der Waals surface area contributed by atoms with E-state index in [1.54, 1.807) is 0 Å². The van der Waals surface area contributed by atoms with Gasteiger partial charge in [-0.1, -0.05) is 0 Å². The summed E-state index contributed by atoms with van der Waals surface area (Å²) in [7, 11) is 0. The highest BCUT2D eigenvalue weighted by atomic mass is 16.6. The number of ether oxygens (including phenoxy) is 2. The van der Waals surface area contributed by atoms with Crippen LogP contribution in [0, 0.1) is 5.92 Å². The topological polar surface area (TPSA) is 50.8 Å². The summed E-state index contributed by atoms with van der Waals surface area (Å²) in [5, 5.41) is 3.68. The molecule has 2 atom stereocenters. The molecule has 0 spiro atoms. The van der Waals surface area contributed by atoms with E-state index < -0.39 is 5.60 Å². The highest BCUT2D eigenvalue weighted by Gasteiger charge is 2.25. The van der Waals surface area contributed by atoms with Crippen molar-refractivity contribution < 1.29 is 14.3 Å². The van der Waals surface area contributed by atoms with Crippen molar-refractivity contribution in [3.8, 4) is 0 Å². The van der Waals surface area contributed by atoms with Crippen LogP contribution in [-0.4, -0.2) is 55.5 Å². The van der Waals surface area contributed by atoms with Crippen LogP contribution in [0.25, 0.3) is 0 Å². The molecule has 0 aromatic rings. The molecule has 128 valence electrons. The Bertz CT molecular complexity index is 348. The van der Waals surface area contributed by atoms with Crippen molar-refractivity contribution in [3.63, 3.8) is 0 Å². The van der Waals surface area contributed by atoms with Crippen LogP contribution in [0.3, 0.4) is 0 Å². The van der Waals surface area contributed by atoms with E-state index in [-0.39, 0.29) is 6.09 Å². The highest BCUT2D eigenvalue weighted by Crippen LogP contribution is 2.17. The third kappa shape index (κ3) is 6.13. The largest absolute Gasteiger partial charge is 0.444 e. The van der Waals surface area contributed by atoms with Crippen molar-refractivity contribution in [2.45, 2.75) is 64.5 Å². The first-order valence-electron chi connectivity index (χ1n) is 8.73. The Morgan fingerprint density at radius 1 is 1.23 bits per heavy atom. The van der Waals surface area contributed by atoms with Gasteiger partial charge in [0.2, 0.25) is 0 Å². The fraction of sp³-hybridized carbons (Fsp3) is 0.941. The Hall–Kier alpha value is -0.810. The van der Waals surface area contributed by atoms with Crippen LogP contribution < -0.4 is 5.32 Å². The molecule has 1 N–H and O–H groups in total. The molecule has 0 aromatic heterocycles. The summed E-state index contributed by atoms with van der Waals surface area (Å²) in [4.78, 5) is 14.0. The van der Waals surface area contributed by atoms with E-state index in [2.05, 4.69) is 5.32 Å². The van der Waals surface area contributed by atoms with Gasteiger partial charge in [-0.2, -0.15) is 0 Å². The van der Waals surface area contributed by atoms with Gasteiger partial charge in [0, 0.05) is 32.3 Å². The van der Waals surface area contributed by atoms with Crippen LogP contribution in [0.4, 0.5) is 4.79 Å². The quantitative estimate of drug-likeness (QED) is 0.870. The zero-order valence-electron chi connectivity index (χ0n) is 14.4. The molecule has 22 heavy (non-hydrogen) atoms. The minimum absolute atomic E-state index is 0.172. The monoisotopic (exact) mass is 312 g/mol. The van der Waals surface area contributed by atoms with Gasteiger partial charge in [0.1, 0.15) is 5.60 Å².